The first-order valence-electron chi connectivity index (χ1n) is 4.66. The fourth-order valence-corrected chi connectivity index (χ4v) is 1.97. The molecule has 0 radical (unpaired) electrons. The van der Waals surface area contributed by atoms with Crippen LogP contribution in [0.2, 0.25) is 0 Å². The Hall–Kier alpha value is -2.10. The first-order chi connectivity index (χ1) is 7.27. The third-order valence-electron chi connectivity index (χ3n) is 2.67. The number of hydrogen-bond donors (Lipinski definition) is 1. The summed E-state index contributed by atoms with van der Waals surface area (Å²) in [5.41, 5.74) is 3.09. The third-order valence-corrected chi connectivity index (χ3v) is 2.67. The molecule has 1 aliphatic rings. The number of fused-ring (bicyclic) bond motifs is 3. The maximum Gasteiger partial charge on any atom is 0.339 e. The van der Waals surface area contributed by atoms with E-state index in [0.29, 0.717) is 5.52 Å². The summed E-state index contributed by atoms with van der Waals surface area (Å²) in [4.78, 5) is 11.0. The third kappa shape index (κ3) is 1.01. The van der Waals surface area contributed by atoms with E-state index in [-0.39, 0.29) is 5.56 Å². The van der Waals surface area contributed by atoms with E-state index in [4.69, 9.17) is 5.11 Å². The van der Waals surface area contributed by atoms with Crippen molar-refractivity contribution in [2.75, 3.05) is 0 Å². The molecule has 74 valence electrons. The lowest BCUT2D eigenvalue weighted by molar-refractivity contribution is 0.0699. The van der Waals surface area contributed by atoms with Gasteiger partial charge in [0.25, 0.3) is 0 Å². The second-order valence-corrected chi connectivity index (χ2v) is 3.52. The van der Waals surface area contributed by atoms with Crippen LogP contribution in [-0.4, -0.2) is 20.7 Å². The molecule has 0 saturated carbocycles. The van der Waals surface area contributed by atoms with Crippen molar-refractivity contribution in [1.82, 2.24) is 9.61 Å². The van der Waals surface area contributed by atoms with Crippen molar-refractivity contribution in [2.45, 2.75) is 6.42 Å². The zero-order valence-corrected chi connectivity index (χ0v) is 7.84. The zero-order chi connectivity index (χ0) is 10.4. The van der Waals surface area contributed by atoms with E-state index in [0.717, 1.165) is 17.5 Å². The van der Waals surface area contributed by atoms with Crippen LogP contribution in [0.4, 0.5) is 0 Å². The zero-order valence-electron chi connectivity index (χ0n) is 7.84. The summed E-state index contributed by atoms with van der Waals surface area (Å²) in [5, 5.41) is 13.0. The maximum atomic E-state index is 11.0. The highest BCUT2D eigenvalue weighted by atomic mass is 16.4. The molecule has 0 saturated heterocycles. The molecule has 4 heteroatoms. The molecule has 3 rings (SSSR count). The highest BCUT2D eigenvalue weighted by Crippen LogP contribution is 2.26. The number of rotatable bonds is 1. The first kappa shape index (κ1) is 8.23. The lowest BCUT2D eigenvalue weighted by Gasteiger charge is -2.02. The number of nitrogens with zero attached hydrogens (tertiary/aromatic N) is 2. The van der Waals surface area contributed by atoms with Gasteiger partial charge in [0.2, 0.25) is 0 Å². The molecule has 0 aliphatic heterocycles. The summed E-state index contributed by atoms with van der Waals surface area (Å²) < 4.78 is 1.61. The molecule has 2 heterocycles. The summed E-state index contributed by atoms with van der Waals surface area (Å²) in [6, 6.07) is 1.97. The molecule has 0 amide bonds. The smallest absolute Gasteiger partial charge is 0.339 e. The maximum absolute atomic E-state index is 11.0. The van der Waals surface area contributed by atoms with Crippen LogP contribution in [0.3, 0.4) is 0 Å². The Bertz CT molecular complexity index is 596. The van der Waals surface area contributed by atoms with Gasteiger partial charge < -0.3 is 5.11 Å². The SMILES string of the molecule is O=C(O)c1cnn2ccc3c(c12)C=CC3. The number of carbonyl (C=O) groups is 1. The van der Waals surface area contributed by atoms with E-state index in [9.17, 15) is 4.79 Å². The minimum absolute atomic E-state index is 0.262. The van der Waals surface area contributed by atoms with E-state index >= 15 is 0 Å². The number of aromatic carboxylic acids is 1. The minimum atomic E-state index is -0.932. The van der Waals surface area contributed by atoms with E-state index in [1.807, 2.05) is 18.2 Å². The first-order valence-corrected chi connectivity index (χ1v) is 4.66. The molecular formula is C11H8N2O2. The lowest BCUT2D eigenvalue weighted by Crippen LogP contribution is -1.98. The molecule has 0 spiro atoms. The summed E-state index contributed by atoms with van der Waals surface area (Å²) in [6.45, 7) is 0. The van der Waals surface area contributed by atoms with Gasteiger partial charge in [0.15, 0.2) is 0 Å². The average molecular weight is 200 g/mol. The number of hydrogen-bond acceptors (Lipinski definition) is 2. The highest BCUT2D eigenvalue weighted by Gasteiger charge is 2.17. The second-order valence-electron chi connectivity index (χ2n) is 3.52. The van der Waals surface area contributed by atoms with Crippen LogP contribution in [0.1, 0.15) is 21.5 Å². The van der Waals surface area contributed by atoms with Gasteiger partial charge in [0.1, 0.15) is 5.56 Å². The van der Waals surface area contributed by atoms with E-state index < -0.39 is 5.97 Å². The summed E-state index contributed by atoms with van der Waals surface area (Å²) >= 11 is 0. The van der Waals surface area contributed by atoms with Gasteiger partial charge in [-0.2, -0.15) is 5.10 Å². The summed E-state index contributed by atoms with van der Waals surface area (Å²) in [5.74, 6) is -0.932. The van der Waals surface area contributed by atoms with Crippen molar-refractivity contribution in [1.29, 1.82) is 0 Å². The summed E-state index contributed by atoms with van der Waals surface area (Å²) in [7, 11) is 0. The Labute approximate surface area is 85.5 Å². The highest BCUT2D eigenvalue weighted by molar-refractivity contribution is 5.98. The van der Waals surface area contributed by atoms with Gasteiger partial charge >= 0.3 is 5.97 Å². The Balaban J connectivity index is 2.46. The standard InChI is InChI=1S/C11H8N2O2/c14-11(15)9-6-12-13-5-4-7-2-1-3-8(7)10(9)13/h1,3-6H,2H2,(H,14,15). The largest absolute Gasteiger partial charge is 0.478 e. The Kier molecular flexibility index (Phi) is 1.48. The Morgan fingerprint density at radius 1 is 1.53 bits per heavy atom. The van der Waals surface area contributed by atoms with Crippen LogP contribution >= 0.6 is 0 Å². The fraction of sp³-hybridized carbons (Fsp3) is 0.0909. The average Bonchev–Trinajstić information content (AvgIpc) is 2.82. The van der Waals surface area contributed by atoms with Crippen molar-refractivity contribution in [3.63, 3.8) is 0 Å². The molecule has 15 heavy (non-hydrogen) atoms. The van der Waals surface area contributed by atoms with Gasteiger partial charge in [-0.05, 0) is 18.1 Å². The van der Waals surface area contributed by atoms with Gasteiger partial charge in [-0.3, -0.25) is 0 Å². The van der Waals surface area contributed by atoms with Crippen molar-refractivity contribution in [3.8, 4) is 0 Å². The van der Waals surface area contributed by atoms with Gasteiger partial charge in [0, 0.05) is 11.8 Å². The number of aromatic nitrogens is 2. The second kappa shape index (κ2) is 2.70. The molecule has 1 N–H and O–H groups in total. The van der Waals surface area contributed by atoms with E-state index in [2.05, 4.69) is 5.10 Å². The Morgan fingerprint density at radius 3 is 3.20 bits per heavy atom. The molecule has 0 bridgehead atoms. The van der Waals surface area contributed by atoms with Crippen LogP contribution in [-0.2, 0) is 6.42 Å². The molecule has 0 atom stereocenters. The monoisotopic (exact) mass is 200 g/mol. The Morgan fingerprint density at radius 2 is 2.40 bits per heavy atom. The van der Waals surface area contributed by atoms with E-state index in [1.165, 1.54) is 6.20 Å². The molecular weight excluding hydrogens is 192 g/mol. The molecule has 2 aromatic rings. The van der Waals surface area contributed by atoms with Gasteiger partial charge in [-0.1, -0.05) is 12.2 Å². The van der Waals surface area contributed by atoms with Crippen molar-refractivity contribution < 1.29 is 9.90 Å². The van der Waals surface area contributed by atoms with Gasteiger partial charge in [-0.15, -0.1) is 0 Å². The summed E-state index contributed by atoms with van der Waals surface area (Å²) in [6.07, 6.45) is 8.05. The number of allylic oxidation sites excluding steroid dienone is 1. The van der Waals surface area contributed by atoms with Gasteiger partial charge in [0.05, 0.1) is 11.7 Å². The normalized spacial score (nSPS) is 13.3. The molecule has 0 unspecified atom stereocenters. The molecule has 2 aromatic heterocycles. The molecule has 1 aliphatic carbocycles. The number of carboxylic acids is 1. The van der Waals surface area contributed by atoms with Crippen LogP contribution in [0.15, 0.2) is 24.5 Å². The number of pyridine rings is 1. The molecule has 0 aromatic carbocycles. The quantitative estimate of drug-likeness (QED) is 0.760. The fourth-order valence-electron chi connectivity index (χ4n) is 1.97. The van der Waals surface area contributed by atoms with Crippen molar-refractivity contribution >= 4 is 17.6 Å². The van der Waals surface area contributed by atoms with Gasteiger partial charge in [-0.25, -0.2) is 9.31 Å². The predicted octanol–water partition coefficient (Wildman–Crippen LogP) is 1.60. The predicted molar refractivity (Wildman–Crippen MR) is 54.9 cm³/mol. The van der Waals surface area contributed by atoms with Crippen LogP contribution in [0.5, 0.6) is 0 Å². The number of carboxylic acid groups (broad SMARTS) is 1. The van der Waals surface area contributed by atoms with Crippen LogP contribution in [0.25, 0.3) is 11.6 Å². The van der Waals surface area contributed by atoms with Crippen molar-refractivity contribution in [3.05, 3.63) is 41.2 Å². The van der Waals surface area contributed by atoms with Crippen molar-refractivity contribution in [2.24, 2.45) is 0 Å². The lowest BCUT2D eigenvalue weighted by atomic mass is 10.1. The van der Waals surface area contributed by atoms with Crippen LogP contribution in [0, 0.1) is 0 Å². The van der Waals surface area contributed by atoms with Crippen LogP contribution < -0.4 is 0 Å². The molecule has 0 fully saturated rings. The minimum Gasteiger partial charge on any atom is -0.478 e. The van der Waals surface area contributed by atoms with E-state index in [1.54, 1.807) is 10.7 Å². The topological polar surface area (TPSA) is 54.6 Å². The molecule has 4 nitrogen and oxygen atoms in total.